The van der Waals surface area contributed by atoms with Gasteiger partial charge in [-0.2, -0.15) is 5.10 Å². The van der Waals surface area contributed by atoms with E-state index < -0.39 is 28.3 Å². The second kappa shape index (κ2) is 12.7. The van der Waals surface area contributed by atoms with Gasteiger partial charge in [-0.3, -0.25) is 9.10 Å². The van der Waals surface area contributed by atoms with Gasteiger partial charge in [0.2, 0.25) is 0 Å². The Kier molecular flexibility index (Phi) is 9.40. The van der Waals surface area contributed by atoms with Crippen LogP contribution in [0.25, 0.3) is 0 Å². The fraction of sp³-hybridized carbons (Fsp3) is 0.231. The Hall–Kier alpha value is -3.92. The number of rotatable bonds is 12. The maximum atomic E-state index is 14.5. The monoisotopic (exact) mass is 513 g/mol. The lowest BCUT2D eigenvalue weighted by molar-refractivity contribution is -0.119. The molecule has 1 amide bonds. The highest BCUT2D eigenvalue weighted by Crippen LogP contribution is 2.28. The zero-order valence-electron chi connectivity index (χ0n) is 20.1. The molecule has 0 unspecified atom stereocenters. The van der Waals surface area contributed by atoms with Crippen molar-refractivity contribution in [3.8, 4) is 11.5 Å². The lowest BCUT2D eigenvalue weighted by atomic mass is 10.2. The molecule has 3 aromatic rings. The average Bonchev–Trinajstić information content (AvgIpc) is 2.88. The number of sulfonamides is 1. The Bertz CT molecular complexity index is 1300. The third-order valence-electron chi connectivity index (χ3n) is 4.87. The van der Waals surface area contributed by atoms with Crippen molar-refractivity contribution in [1.82, 2.24) is 5.43 Å². The first kappa shape index (κ1) is 26.7. The van der Waals surface area contributed by atoms with Crippen molar-refractivity contribution < 1.29 is 27.1 Å². The minimum Gasteiger partial charge on any atom is -0.490 e. The van der Waals surface area contributed by atoms with Crippen molar-refractivity contribution >= 4 is 27.8 Å². The van der Waals surface area contributed by atoms with Gasteiger partial charge in [-0.05, 0) is 61.4 Å². The molecule has 3 rings (SSSR count). The Morgan fingerprint density at radius 3 is 2.42 bits per heavy atom. The molecule has 0 bridgehead atoms. The van der Waals surface area contributed by atoms with Crippen LogP contribution in [0.4, 0.5) is 10.1 Å². The average molecular weight is 514 g/mol. The first-order valence-corrected chi connectivity index (χ1v) is 12.8. The van der Waals surface area contributed by atoms with Crippen molar-refractivity contribution in [3.63, 3.8) is 0 Å². The van der Waals surface area contributed by atoms with E-state index in [2.05, 4.69) is 10.5 Å². The van der Waals surface area contributed by atoms with E-state index in [0.717, 1.165) is 16.8 Å². The summed E-state index contributed by atoms with van der Waals surface area (Å²) < 4.78 is 53.0. The van der Waals surface area contributed by atoms with Gasteiger partial charge in [0.05, 0.1) is 30.0 Å². The molecule has 1 N–H and O–H groups in total. The van der Waals surface area contributed by atoms with E-state index in [4.69, 9.17) is 9.47 Å². The van der Waals surface area contributed by atoms with Crippen molar-refractivity contribution in [2.24, 2.45) is 5.10 Å². The van der Waals surface area contributed by atoms with Crippen LogP contribution < -0.4 is 19.2 Å². The zero-order valence-corrected chi connectivity index (χ0v) is 20.9. The number of nitrogens with zero attached hydrogens (tertiary/aromatic N) is 2. The maximum Gasteiger partial charge on any atom is 0.264 e. The molecule has 0 heterocycles. The highest BCUT2D eigenvalue weighted by Gasteiger charge is 2.28. The summed E-state index contributed by atoms with van der Waals surface area (Å²) in [7, 11) is -4.22. The van der Waals surface area contributed by atoms with Crippen molar-refractivity contribution in [2.45, 2.75) is 25.2 Å². The summed E-state index contributed by atoms with van der Waals surface area (Å²) in [4.78, 5) is 12.6. The SMILES string of the molecule is CCCOc1ccc(/C=N\NC(=O)CN(c2ccccc2F)S(=O)(=O)c2ccccc2)cc1OCC. The molecule has 0 aromatic heterocycles. The Morgan fingerprint density at radius 1 is 1.00 bits per heavy atom. The predicted octanol–water partition coefficient (Wildman–Crippen LogP) is 4.36. The van der Waals surface area contributed by atoms with Crippen LogP contribution >= 0.6 is 0 Å². The fourth-order valence-electron chi connectivity index (χ4n) is 3.22. The Labute approximate surface area is 210 Å². The first-order chi connectivity index (χ1) is 17.4. The summed E-state index contributed by atoms with van der Waals surface area (Å²) in [5.74, 6) is -0.378. The second-order valence-electron chi connectivity index (χ2n) is 7.56. The number of nitrogens with one attached hydrogen (secondary N) is 1. The summed E-state index contributed by atoms with van der Waals surface area (Å²) in [6, 6.07) is 18.1. The summed E-state index contributed by atoms with van der Waals surface area (Å²) in [6.45, 7) is 4.18. The number of para-hydroxylation sites is 1. The van der Waals surface area contributed by atoms with Gasteiger partial charge in [0.25, 0.3) is 15.9 Å². The van der Waals surface area contributed by atoms with Crippen molar-refractivity contribution in [3.05, 3.63) is 84.2 Å². The molecule has 0 aliphatic rings. The van der Waals surface area contributed by atoms with Crippen LogP contribution in [0.2, 0.25) is 0 Å². The number of halogens is 1. The van der Waals surface area contributed by atoms with Crippen LogP contribution in [0.1, 0.15) is 25.8 Å². The zero-order chi connectivity index (χ0) is 26.0. The standard InChI is InChI=1S/C26H28FN3O5S/c1-3-16-35-24-15-14-20(17-25(24)34-4-2)18-28-29-26(31)19-30(23-13-9-8-12-22(23)27)36(32,33)21-10-6-5-7-11-21/h5-15,17-18H,3-4,16,19H2,1-2H3,(H,29,31)/b28-18-. The molecule has 8 nitrogen and oxygen atoms in total. The molecule has 190 valence electrons. The quantitative estimate of drug-likeness (QED) is 0.287. The minimum atomic E-state index is -4.22. The van der Waals surface area contributed by atoms with Gasteiger partial charge in [-0.25, -0.2) is 18.2 Å². The van der Waals surface area contributed by atoms with E-state index in [9.17, 15) is 17.6 Å². The summed E-state index contributed by atoms with van der Waals surface area (Å²) in [5, 5.41) is 3.92. The minimum absolute atomic E-state index is 0.0709. The van der Waals surface area contributed by atoms with Gasteiger partial charge in [-0.1, -0.05) is 37.3 Å². The molecular weight excluding hydrogens is 485 g/mol. The van der Waals surface area contributed by atoms with Gasteiger partial charge in [0.1, 0.15) is 12.4 Å². The molecule has 10 heteroatoms. The van der Waals surface area contributed by atoms with E-state index in [1.807, 2.05) is 13.8 Å². The molecule has 0 saturated carbocycles. The molecule has 0 aliphatic carbocycles. The van der Waals surface area contributed by atoms with E-state index in [1.54, 1.807) is 36.4 Å². The number of carbonyl (C=O) groups excluding carboxylic acids is 1. The molecule has 36 heavy (non-hydrogen) atoms. The molecule has 0 saturated heterocycles. The van der Waals surface area contributed by atoms with Crippen LogP contribution in [-0.2, 0) is 14.8 Å². The molecule has 3 aromatic carbocycles. The van der Waals surface area contributed by atoms with Crippen LogP contribution in [0.3, 0.4) is 0 Å². The van der Waals surface area contributed by atoms with Gasteiger partial charge in [-0.15, -0.1) is 0 Å². The highest BCUT2D eigenvalue weighted by atomic mass is 32.2. The number of ether oxygens (including phenoxy) is 2. The molecule has 0 fully saturated rings. The summed E-state index contributed by atoms with van der Waals surface area (Å²) >= 11 is 0. The summed E-state index contributed by atoms with van der Waals surface area (Å²) in [5.41, 5.74) is 2.69. The second-order valence-corrected chi connectivity index (χ2v) is 9.42. The van der Waals surface area contributed by atoms with E-state index in [-0.39, 0.29) is 10.6 Å². The largest absolute Gasteiger partial charge is 0.490 e. The van der Waals surface area contributed by atoms with Gasteiger partial charge >= 0.3 is 0 Å². The normalized spacial score (nSPS) is 11.3. The Morgan fingerprint density at radius 2 is 1.72 bits per heavy atom. The number of hydrogen-bond donors (Lipinski definition) is 1. The topological polar surface area (TPSA) is 97.3 Å². The van der Waals surface area contributed by atoms with E-state index in [1.165, 1.54) is 36.5 Å². The fourth-order valence-corrected chi connectivity index (χ4v) is 4.67. The number of hydrogen-bond acceptors (Lipinski definition) is 6. The lowest BCUT2D eigenvalue weighted by Crippen LogP contribution is -2.40. The van der Waals surface area contributed by atoms with Crippen molar-refractivity contribution in [2.75, 3.05) is 24.1 Å². The molecule has 0 radical (unpaired) electrons. The maximum absolute atomic E-state index is 14.5. The third-order valence-corrected chi connectivity index (χ3v) is 6.65. The molecule has 0 atom stereocenters. The number of carbonyl (C=O) groups is 1. The van der Waals surface area contributed by atoms with Crippen LogP contribution in [0, 0.1) is 5.82 Å². The number of amides is 1. The third kappa shape index (κ3) is 6.82. The van der Waals surface area contributed by atoms with Gasteiger partial charge < -0.3 is 9.47 Å². The predicted molar refractivity (Wildman–Crippen MR) is 137 cm³/mol. The Balaban J connectivity index is 1.78. The molecule has 0 aliphatic heterocycles. The number of hydrazone groups is 1. The summed E-state index contributed by atoms with van der Waals surface area (Å²) in [6.07, 6.45) is 2.24. The first-order valence-electron chi connectivity index (χ1n) is 11.4. The van der Waals surface area contributed by atoms with Crippen molar-refractivity contribution in [1.29, 1.82) is 0 Å². The molecule has 0 spiro atoms. The smallest absolute Gasteiger partial charge is 0.264 e. The van der Waals surface area contributed by atoms with E-state index >= 15 is 0 Å². The van der Waals surface area contributed by atoms with Crippen LogP contribution in [-0.4, -0.2) is 40.3 Å². The van der Waals surface area contributed by atoms with Gasteiger partial charge in [0, 0.05) is 0 Å². The number of benzene rings is 3. The van der Waals surface area contributed by atoms with E-state index in [0.29, 0.717) is 30.3 Å². The van der Waals surface area contributed by atoms with Gasteiger partial charge in [0.15, 0.2) is 11.5 Å². The van der Waals surface area contributed by atoms with Crippen LogP contribution in [0.5, 0.6) is 11.5 Å². The highest BCUT2D eigenvalue weighted by molar-refractivity contribution is 7.92. The number of anilines is 1. The van der Waals surface area contributed by atoms with Crippen LogP contribution in [0.15, 0.2) is 82.8 Å². The molecular formula is C26H28FN3O5S. The lowest BCUT2D eigenvalue weighted by Gasteiger charge is -2.24.